The second-order valence-electron chi connectivity index (χ2n) is 7.14. The highest BCUT2D eigenvalue weighted by Gasteiger charge is 2.25. The van der Waals surface area contributed by atoms with Gasteiger partial charge in [-0.3, -0.25) is 4.90 Å². The minimum atomic E-state index is -0.954. The lowest BCUT2D eigenvalue weighted by Gasteiger charge is -2.28. The number of hydrogen-bond donors (Lipinski definition) is 3. The molecule has 1 aliphatic heterocycles. The smallest absolute Gasteiger partial charge is 0.191 e. The van der Waals surface area contributed by atoms with E-state index in [1.165, 1.54) is 17.7 Å². The molecule has 1 aliphatic rings. The van der Waals surface area contributed by atoms with E-state index >= 15 is 0 Å². The van der Waals surface area contributed by atoms with Crippen LogP contribution >= 0.6 is 46.7 Å². The van der Waals surface area contributed by atoms with Crippen LogP contribution in [0.3, 0.4) is 0 Å². The normalized spacial score (nSPS) is 18.3. The second kappa shape index (κ2) is 11.5. The largest absolute Gasteiger partial charge is 0.383 e. The maximum absolute atomic E-state index is 10.7. The van der Waals surface area contributed by atoms with E-state index in [4.69, 9.17) is 0 Å². The summed E-state index contributed by atoms with van der Waals surface area (Å²) in [6, 6.07) is 6.68. The molecule has 5 nitrogen and oxygen atoms in total. The third kappa shape index (κ3) is 6.41. The van der Waals surface area contributed by atoms with Gasteiger partial charge in [0.2, 0.25) is 0 Å². The number of thiophene rings is 2. The molecule has 1 fully saturated rings. The fourth-order valence-electron chi connectivity index (χ4n) is 3.37. The number of aliphatic imine (C=N–C) groups is 1. The topological polar surface area (TPSA) is 59.9 Å². The van der Waals surface area contributed by atoms with Gasteiger partial charge in [-0.25, -0.2) is 4.99 Å². The van der Waals surface area contributed by atoms with Crippen molar-refractivity contribution in [2.24, 2.45) is 4.99 Å². The summed E-state index contributed by atoms with van der Waals surface area (Å²) >= 11 is 3.41. The fourth-order valence-corrected chi connectivity index (χ4v) is 5.02. The molecule has 0 spiro atoms. The molecule has 2 aromatic rings. The first-order valence-corrected chi connectivity index (χ1v) is 11.5. The Labute approximate surface area is 193 Å². The van der Waals surface area contributed by atoms with Crippen LogP contribution in [0.5, 0.6) is 0 Å². The first kappa shape index (κ1) is 23.6. The van der Waals surface area contributed by atoms with Crippen molar-refractivity contribution in [2.45, 2.75) is 38.3 Å². The van der Waals surface area contributed by atoms with Crippen LogP contribution in [-0.4, -0.2) is 48.7 Å². The maximum atomic E-state index is 10.7. The van der Waals surface area contributed by atoms with E-state index in [1.807, 2.05) is 35.1 Å². The predicted molar refractivity (Wildman–Crippen MR) is 131 cm³/mol. The van der Waals surface area contributed by atoms with Crippen molar-refractivity contribution >= 4 is 52.6 Å². The molecule has 3 heterocycles. The number of likely N-dealkylation sites (tertiary alicyclic amines) is 1. The quantitative estimate of drug-likeness (QED) is 0.272. The zero-order chi connectivity index (χ0) is 19.1. The number of nitrogens with one attached hydrogen (secondary N) is 2. The summed E-state index contributed by atoms with van der Waals surface area (Å²) in [7, 11) is 0. The zero-order valence-corrected chi connectivity index (χ0v) is 20.5. The standard InChI is InChI=1S/C20H30N4OS2.HI/c1-3-21-19(23-15-20(2,25)16-8-12-26-14-16)22-13-17(18-7-6-11-27-18)24-9-4-5-10-24;/h6-8,11-12,14,17,25H,3-5,9-10,13,15H2,1-2H3,(H2,21,22,23);1H. The summed E-state index contributed by atoms with van der Waals surface area (Å²) < 4.78 is 0. The van der Waals surface area contributed by atoms with Gasteiger partial charge in [0, 0.05) is 18.0 Å². The van der Waals surface area contributed by atoms with Crippen LogP contribution in [-0.2, 0) is 5.60 Å². The SMILES string of the molecule is CCNC(=NCC(C)(O)c1ccsc1)NCC(c1cccs1)N1CCCC1.I. The van der Waals surface area contributed by atoms with Gasteiger partial charge in [-0.15, -0.1) is 35.3 Å². The Hall–Kier alpha value is -0.680. The molecule has 0 saturated carbocycles. The van der Waals surface area contributed by atoms with Gasteiger partial charge in [0.1, 0.15) is 5.60 Å². The summed E-state index contributed by atoms with van der Waals surface area (Å²) in [6.45, 7) is 8.13. The summed E-state index contributed by atoms with van der Waals surface area (Å²) in [5.41, 5.74) is -0.0367. The van der Waals surface area contributed by atoms with Crippen LogP contribution in [0.25, 0.3) is 0 Å². The molecule has 0 amide bonds. The van der Waals surface area contributed by atoms with Crippen molar-refractivity contribution in [3.63, 3.8) is 0 Å². The minimum absolute atomic E-state index is 0. The highest BCUT2D eigenvalue weighted by atomic mass is 127. The molecular formula is C20H31IN4OS2. The number of halogens is 1. The molecule has 28 heavy (non-hydrogen) atoms. The molecule has 3 rings (SSSR count). The van der Waals surface area contributed by atoms with Crippen molar-refractivity contribution < 1.29 is 5.11 Å². The Bertz CT molecular complexity index is 698. The van der Waals surface area contributed by atoms with Crippen LogP contribution in [0.1, 0.15) is 43.2 Å². The lowest BCUT2D eigenvalue weighted by atomic mass is 10.00. The average Bonchev–Trinajstić information content (AvgIpc) is 3.43. The third-order valence-electron chi connectivity index (χ3n) is 4.95. The van der Waals surface area contributed by atoms with E-state index in [-0.39, 0.29) is 24.0 Å². The Morgan fingerprint density at radius 1 is 1.29 bits per heavy atom. The van der Waals surface area contributed by atoms with E-state index in [0.717, 1.165) is 37.7 Å². The van der Waals surface area contributed by atoms with E-state index < -0.39 is 5.60 Å². The van der Waals surface area contributed by atoms with Crippen molar-refractivity contribution in [3.05, 3.63) is 44.8 Å². The van der Waals surface area contributed by atoms with Gasteiger partial charge >= 0.3 is 0 Å². The van der Waals surface area contributed by atoms with Crippen molar-refractivity contribution in [3.8, 4) is 0 Å². The van der Waals surface area contributed by atoms with E-state index in [1.54, 1.807) is 11.3 Å². The Kier molecular flexibility index (Phi) is 9.68. The third-order valence-corrected chi connectivity index (χ3v) is 6.61. The summed E-state index contributed by atoms with van der Waals surface area (Å²) in [4.78, 5) is 8.61. The number of hydrogen-bond acceptors (Lipinski definition) is 5. The Balaban J connectivity index is 0.00000280. The van der Waals surface area contributed by atoms with Gasteiger partial charge in [-0.2, -0.15) is 11.3 Å². The second-order valence-corrected chi connectivity index (χ2v) is 8.90. The molecule has 2 atom stereocenters. The first-order valence-electron chi connectivity index (χ1n) is 9.65. The molecule has 2 unspecified atom stereocenters. The van der Waals surface area contributed by atoms with Gasteiger partial charge in [-0.1, -0.05) is 6.07 Å². The van der Waals surface area contributed by atoms with E-state index in [0.29, 0.717) is 12.6 Å². The Morgan fingerprint density at radius 2 is 2.07 bits per heavy atom. The van der Waals surface area contributed by atoms with Gasteiger partial charge in [0.15, 0.2) is 5.96 Å². The average molecular weight is 535 g/mol. The van der Waals surface area contributed by atoms with Gasteiger partial charge in [0.05, 0.1) is 12.6 Å². The fraction of sp³-hybridized carbons (Fsp3) is 0.550. The molecule has 8 heteroatoms. The van der Waals surface area contributed by atoms with Crippen molar-refractivity contribution in [2.75, 3.05) is 32.7 Å². The van der Waals surface area contributed by atoms with E-state index in [2.05, 4.69) is 45.0 Å². The Morgan fingerprint density at radius 3 is 2.68 bits per heavy atom. The van der Waals surface area contributed by atoms with Crippen LogP contribution in [0.2, 0.25) is 0 Å². The molecule has 0 bridgehead atoms. The van der Waals surface area contributed by atoms with Crippen molar-refractivity contribution in [1.82, 2.24) is 15.5 Å². The molecule has 1 saturated heterocycles. The van der Waals surface area contributed by atoms with Crippen LogP contribution in [0.4, 0.5) is 0 Å². The van der Waals surface area contributed by atoms with Crippen LogP contribution < -0.4 is 10.6 Å². The minimum Gasteiger partial charge on any atom is -0.383 e. The molecule has 3 N–H and O–H groups in total. The van der Waals surface area contributed by atoms with E-state index in [9.17, 15) is 5.11 Å². The number of rotatable bonds is 8. The molecule has 0 radical (unpaired) electrons. The van der Waals surface area contributed by atoms with Gasteiger partial charge in [-0.05, 0) is 73.6 Å². The van der Waals surface area contributed by atoms with Crippen LogP contribution in [0.15, 0.2) is 39.3 Å². The summed E-state index contributed by atoms with van der Waals surface area (Å²) in [6.07, 6.45) is 2.55. The summed E-state index contributed by atoms with van der Waals surface area (Å²) in [5, 5.41) is 23.7. The molecule has 156 valence electrons. The first-order chi connectivity index (χ1) is 13.1. The zero-order valence-electron chi connectivity index (χ0n) is 16.6. The highest BCUT2D eigenvalue weighted by Crippen LogP contribution is 2.28. The monoisotopic (exact) mass is 534 g/mol. The highest BCUT2D eigenvalue weighted by molar-refractivity contribution is 14.0. The molecule has 2 aromatic heterocycles. The molecular weight excluding hydrogens is 503 g/mol. The number of aliphatic hydroxyl groups is 1. The lowest BCUT2D eigenvalue weighted by molar-refractivity contribution is 0.0677. The van der Waals surface area contributed by atoms with Gasteiger partial charge < -0.3 is 15.7 Å². The number of nitrogens with zero attached hydrogens (tertiary/aromatic N) is 2. The lowest BCUT2D eigenvalue weighted by Crippen LogP contribution is -2.43. The molecule has 0 aliphatic carbocycles. The van der Waals surface area contributed by atoms with Crippen molar-refractivity contribution in [1.29, 1.82) is 0 Å². The maximum Gasteiger partial charge on any atom is 0.191 e. The number of guanidine groups is 1. The molecule has 0 aromatic carbocycles. The van der Waals surface area contributed by atoms with Gasteiger partial charge in [0.25, 0.3) is 0 Å². The van der Waals surface area contributed by atoms with Crippen LogP contribution in [0, 0.1) is 0 Å². The summed E-state index contributed by atoms with van der Waals surface area (Å²) in [5.74, 6) is 0.758. The predicted octanol–water partition coefficient (Wildman–Crippen LogP) is 4.03.